The zero-order valence-corrected chi connectivity index (χ0v) is 15.7. The minimum Gasteiger partial charge on any atom is -0.370 e. The van der Waals surface area contributed by atoms with Gasteiger partial charge in [0.2, 0.25) is 0 Å². The van der Waals surface area contributed by atoms with E-state index in [0.29, 0.717) is 5.75 Å². The number of nitrogens with one attached hydrogen (secondary N) is 1. The molecule has 1 saturated heterocycles. The van der Waals surface area contributed by atoms with E-state index in [0.717, 1.165) is 48.9 Å². The molecule has 0 spiro atoms. The Labute approximate surface area is 162 Å². The number of non-ortho nitro benzene ring substituents is 1. The molecular weight excluding hydrogens is 364 g/mol. The lowest BCUT2D eigenvalue weighted by atomic mass is 10.2. The van der Waals surface area contributed by atoms with Crippen molar-refractivity contribution in [3.63, 3.8) is 0 Å². The number of guanidine groups is 1. The van der Waals surface area contributed by atoms with Crippen molar-refractivity contribution in [1.29, 1.82) is 5.41 Å². The average molecular weight is 386 g/mol. The van der Waals surface area contributed by atoms with E-state index in [1.165, 1.54) is 6.07 Å². The van der Waals surface area contributed by atoms with Crippen molar-refractivity contribution in [2.24, 2.45) is 5.73 Å². The molecule has 0 radical (unpaired) electrons. The SMILES string of the molecule is N=C(N)N1CCN(Cc2cccnc2SCc2cccc([N+](=O)[O-])c2)CC1. The summed E-state index contributed by atoms with van der Waals surface area (Å²) in [4.78, 5) is 19.2. The molecule has 0 atom stereocenters. The molecule has 1 fully saturated rings. The summed E-state index contributed by atoms with van der Waals surface area (Å²) in [7, 11) is 0. The molecule has 0 amide bonds. The van der Waals surface area contributed by atoms with Crippen molar-refractivity contribution in [3.05, 3.63) is 63.8 Å². The second kappa shape index (κ2) is 8.83. The molecule has 1 aliphatic heterocycles. The molecule has 3 rings (SSSR count). The first-order valence-corrected chi connectivity index (χ1v) is 9.63. The van der Waals surface area contributed by atoms with Crippen LogP contribution in [0.5, 0.6) is 0 Å². The number of benzene rings is 1. The van der Waals surface area contributed by atoms with Crippen molar-refractivity contribution in [2.75, 3.05) is 26.2 Å². The Kier molecular flexibility index (Phi) is 6.25. The lowest BCUT2D eigenvalue weighted by molar-refractivity contribution is -0.384. The van der Waals surface area contributed by atoms with Crippen LogP contribution < -0.4 is 5.73 Å². The van der Waals surface area contributed by atoms with Crippen LogP contribution in [0.3, 0.4) is 0 Å². The zero-order chi connectivity index (χ0) is 19.2. The third-order valence-electron chi connectivity index (χ3n) is 4.45. The summed E-state index contributed by atoms with van der Waals surface area (Å²) < 4.78 is 0. The smallest absolute Gasteiger partial charge is 0.269 e. The van der Waals surface area contributed by atoms with Crippen LogP contribution in [0.25, 0.3) is 0 Å². The van der Waals surface area contributed by atoms with Gasteiger partial charge in [0.05, 0.1) is 4.92 Å². The first kappa shape index (κ1) is 19.1. The number of nitro benzene ring substituents is 1. The van der Waals surface area contributed by atoms with Crippen LogP contribution in [0.4, 0.5) is 5.69 Å². The highest BCUT2D eigenvalue weighted by atomic mass is 32.2. The van der Waals surface area contributed by atoms with E-state index in [1.807, 2.05) is 17.0 Å². The second-order valence-electron chi connectivity index (χ2n) is 6.33. The van der Waals surface area contributed by atoms with Gasteiger partial charge in [0.15, 0.2) is 5.96 Å². The third kappa shape index (κ3) is 5.18. The number of hydrogen-bond donors (Lipinski definition) is 2. The fourth-order valence-electron chi connectivity index (χ4n) is 2.97. The molecule has 8 nitrogen and oxygen atoms in total. The molecule has 2 aromatic rings. The maximum Gasteiger partial charge on any atom is 0.269 e. The van der Waals surface area contributed by atoms with Gasteiger partial charge >= 0.3 is 0 Å². The van der Waals surface area contributed by atoms with E-state index in [9.17, 15) is 10.1 Å². The van der Waals surface area contributed by atoms with Crippen LogP contribution in [0.15, 0.2) is 47.6 Å². The van der Waals surface area contributed by atoms with E-state index in [4.69, 9.17) is 11.1 Å². The van der Waals surface area contributed by atoms with Crippen molar-refractivity contribution in [3.8, 4) is 0 Å². The average Bonchev–Trinajstić information content (AvgIpc) is 2.68. The maximum atomic E-state index is 10.9. The van der Waals surface area contributed by atoms with Crippen LogP contribution in [0.2, 0.25) is 0 Å². The number of nitrogens with zero attached hydrogens (tertiary/aromatic N) is 4. The van der Waals surface area contributed by atoms with Crippen LogP contribution in [-0.2, 0) is 12.3 Å². The molecule has 1 aromatic heterocycles. The van der Waals surface area contributed by atoms with E-state index < -0.39 is 0 Å². The van der Waals surface area contributed by atoms with Gasteiger partial charge in [0.1, 0.15) is 5.03 Å². The molecule has 0 bridgehead atoms. The van der Waals surface area contributed by atoms with Crippen molar-refractivity contribution < 1.29 is 4.92 Å². The summed E-state index contributed by atoms with van der Waals surface area (Å²) in [6, 6.07) is 10.7. The molecule has 0 aliphatic carbocycles. The van der Waals surface area contributed by atoms with Crippen LogP contribution >= 0.6 is 11.8 Å². The van der Waals surface area contributed by atoms with Crippen molar-refractivity contribution >= 4 is 23.4 Å². The molecular formula is C18H22N6O2S. The van der Waals surface area contributed by atoms with Crippen LogP contribution in [0, 0.1) is 15.5 Å². The summed E-state index contributed by atoms with van der Waals surface area (Å²) >= 11 is 1.59. The molecule has 27 heavy (non-hydrogen) atoms. The number of nitro groups is 1. The van der Waals surface area contributed by atoms with Gasteiger partial charge in [-0.25, -0.2) is 4.98 Å². The quantitative estimate of drug-likeness (QED) is 0.257. The Morgan fingerprint density at radius 2 is 2.04 bits per heavy atom. The summed E-state index contributed by atoms with van der Waals surface area (Å²) in [5.41, 5.74) is 7.70. The van der Waals surface area contributed by atoms with Crippen LogP contribution in [0.1, 0.15) is 11.1 Å². The van der Waals surface area contributed by atoms with Gasteiger partial charge in [-0.1, -0.05) is 18.2 Å². The van der Waals surface area contributed by atoms with E-state index in [-0.39, 0.29) is 16.6 Å². The van der Waals surface area contributed by atoms with Gasteiger partial charge in [-0.15, -0.1) is 11.8 Å². The Hall–Kier alpha value is -2.65. The molecule has 9 heteroatoms. The van der Waals surface area contributed by atoms with E-state index >= 15 is 0 Å². The maximum absolute atomic E-state index is 10.9. The highest BCUT2D eigenvalue weighted by Crippen LogP contribution is 2.26. The number of piperazine rings is 1. The van der Waals surface area contributed by atoms with E-state index in [1.54, 1.807) is 30.1 Å². The number of pyridine rings is 1. The summed E-state index contributed by atoms with van der Waals surface area (Å²) in [5.74, 6) is 0.758. The lowest BCUT2D eigenvalue weighted by Gasteiger charge is -2.35. The van der Waals surface area contributed by atoms with Crippen molar-refractivity contribution in [2.45, 2.75) is 17.3 Å². The number of thioether (sulfide) groups is 1. The largest absolute Gasteiger partial charge is 0.370 e. The molecule has 1 aliphatic rings. The van der Waals surface area contributed by atoms with Gasteiger partial charge in [-0.3, -0.25) is 20.4 Å². The fourth-order valence-corrected chi connectivity index (χ4v) is 3.91. The minimum atomic E-state index is -0.374. The molecule has 0 saturated carbocycles. The number of rotatable bonds is 6. The molecule has 3 N–H and O–H groups in total. The molecule has 1 aromatic carbocycles. The van der Waals surface area contributed by atoms with Gasteiger partial charge < -0.3 is 10.6 Å². The number of nitrogens with two attached hydrogens (primary N) is 1. The van der Waals surface area contributed by atoms with Gasteiger partial charge in [0.25, 0.3) is 5.69 Å². The first-order valence-electron chi connectivity index (χ1n) is 8.64. The van der Waals surface area contributed by atoms with Gasteiger partial charge in [0, 0.05) is 56.8 Å². The predicted molar refractivity (Wildman–Crippen MR) is 106 cm³/mol. The summed E-state index contributed by atoms with van der Waals surface area (Å²) in [5, 5.41) is 19.4. The Balaban J connectivity index is 1.62. The van der Waals surface area contributed by atoms with Crippen LogP contribution in [-0.4, -0.2) is 51.8 Å². The second-order valence-corrected chi connectivity index (χ2v) is 7.30. The molecule has 0 unspecified atom stereocenters. The summed E-state index contributed by atoms with van der Waals surface area (Å²) in [6.45, 7) is 4.00. The Bertz CT molecular complexity index is 823. The highest BCUT2D eigenvalue weighted by Gasteiger charge is 2.19. The normalized spacial score (nSPS) is 14.9. The number of aromatic nitrogens is 1. The third-order valence-corrected chi connectivity index (χ3v) is 5.57. The Morgan fingerprint density at radius 3 is 2.74 bits per heavy atom. The Morgan fingerprint density at radius 1 is 1.26 bits per heavy atom. The summed E-state index contributed by atoms with van der Waals surface area (Å²) in [6.07, 6.45) is 1.77. The minimum absolute atomic E-state index is 0.109. The van der Waals surface area contributed by atoms with Gasteiger partial charge in [-0.2, -0.15) is 0 Å². The van der Waals surface area contributed by atoms with Gasteiger partial charge in [-0.05, 0) is 17.2 Å². The standard InChI is InChI=1S/C18H22N6O2S/c19-18(20)23-9-7-22(8-10-23)12-15-4-2-6-21-17(15)27-13-14-3-1-5-16(11-14)24(25)26/h1-6,11H,7-10,12-13H2,(H3,19,20). The first-order chi connectivity index (χ1) is 13.0. The zero-order valence-electron chi connectivity index (χ0n) is 14.9. The van der Waals surface area contributed by atoms with Crippen molar-refractivity contribution in [1.82, 2.24) is 14.8 Å². The fraction of sp³-hybridized carbons (Fsp3) is 0.333. The predicted octanol–water partition coefficient (Wildman–Crippen LogP) is 2.29. The molecule has 2 heterocycles. The topological polar surface area (TPSA) is 112 Å². The monoisotopic (exact) mass is 386 g/mol. The molecule has 142 valence electrons. The highest BCUT2D eigenvalue weighted by molar-refractivity contribution is 7.98. The van der Waals surface area contributed by atoms with E-state index in [2.05, 4.69) is 16.0 Å². The lowest BCUT2D eigenvalue weighted by Crippen LogP contribution is -2.50. The number of hydrogen-bond acceptors (Lipinski definition) is 6.